The predicted molar refractivity (Wildman–Crippen MR) is 74.7 cm³/mol. The molecule has 0 saturated heterocycles. The molecule has 0 radical (unpaired) electrons. The second kappa shape index (κ2) is 5.54. The number of anilines is 2. The zero-order valence-electron chi connectivity index (χ0n) is 10.0. The fourth-order valence-electron chi connectivity index (χ4n) is 1.49. The average Bonchev–Trinajstić information content (AvgIpc) is 2.41. The molecule has 2 rings (SSSR count). The number of nitrogen functional groups attached to an aromatic ring is 1. The van der Waals surface area contributed by atoms with Gasteiger partial charge in [0.05, 0.1) is 16.8 Å². The Balaban J connectivity index is 2.28. The first-order valence-electron chi connectivity index (χ1n) is 5.44. The molecule has 1 amide bonds. The molecule has 0 bridgehead atoms. The van der Waals surface area contributed by atoms with Crippen molar-refractivity contribution in [3.05, 3.63) is 57.4 Å². The highest BCUT2D eigenvalue weighted by molar-refractivity contribution is 6.31. The molecular formula is C12H9ClN4O3. The number of hydrogen-bond acceptors (Lipinski definition) is 5. The number of rotatable bonds is 3. The molecule has 102 valence electrons. The molecule has 1 heterocycles. The third kappa shape index (κ3) is 3.01. The second-order valence-corrected chi connectivity index (χ2v) is 4.29. The Morgan fingerprint density at radius 1 is 1.35 bits per heavy atom. The summed E-state index contributed by atoms with van der Waals surface area (Å²) in [5.74, 6) is -0.574. The maximum Gasteiger partial charge on any atom is 0.294 e. The number of halogens is 1. The van der Waals surface area contributed by atoms with Crippen LogP contribution in [0.3, 0.4) is 0 Å². The minimum absolute atomic E-state index is 0.0445. The van der Waals surface area contributed by atoms with Crippen molar-refractivity contribution in [2.45, 2.75) is 0 Å². The van der Waals surface area contributed by atoms with E-state index in [9.17, 15) is 14.9 Å². The first-order valence-corrected chi connectivity index (χ1v) is 5.82. The fourth-order valence-corrected chi connectivity index (χ4v) is 1.65. The van der Waals surface area contributed by atoms with Gasteiger partial charge < -0.3 is 11.1 Å². The van der Waals surface area contributed by atoms with E-state index in [4.69, 9.17) is 17.3 Å². The van der Waals surface area contributed by atoms with E-state index < -0.39 is 10.8 Å². The van der Waals surface area contributed by atoms with Crippen LogP contribution in [0.15, 0.2) is 36.5 Å². The molecule has 0 spiro atoms. The summed E-state index contributed by atoms with van der Waals surface area (Å²) in [6.45, 7) is 0. The quantitative estimate of drug-likeness (QED) is 0.667. The van der Waals surface area contributed by atoms with Crippen molar-refractivity contribution in [3.8, 4) is 0 Å². The van der Waals surface area contributed by atoms with E-state index in [2.05, 4.69) is 10.3 Å². The summed E-state index contributed by atoms with van der Waals surface area (Å²) in [6, 6.07) is 6.90. The molecule has 20 heavy (non-hydrogen) atoms. The molecule has 1 aromatic heterocycles. The number of hydrogen-bond donors (Lipinski definition) is 2. The summed E-state index contributed by atoms with van der Waals surface area (Å²) in [4.78, 5) is 26.0. The van der Waals surface area contributed by atoms with Crippen LogP contribution in [0.4, 0.5) is 17.1 Å². The van der Waals surface area contributed by atoms with E-state index >= 15 is 0 Å². The van der Waals surface area contributed by atoms with E-state index in [-0.39, 0.29) is 22.1 Å². The van der Waals surface area contributed by atoms with Gasteiger partial charge in [-0.3, -0.25) is 14.9 Å². The van der Waals surface area contributed by atoms with Gasteiger partial charge in [0.2, 0.25) is 0 Å². The number of amides is 1. The van der Waals surface area contributed by atoms with Gasteiger partial charge in [0.15, 0.2) is 0 Å². The summed E-state index contributed by atoms with van der Waals surface area (Å²) in [5, 5.41) is 13.5. The fraction of sp³-hybridized carbons (Fsp3) is 0. The number of benzene rings is 1. The molecule has 8 heteroatoms. The maximum absolute atomic E-state index is 11.9. The van der Waals surface area contributed by atoms with E-state index in [1.807, 2.05) is 0 Å². The monoisotopic (exact) mass is 292 g/mol. The Morgan fingerprint density at radius 3 is 2.70 bits per heavy atom. The van der Waals surface area contributed by atoms with Gasteiger partial charge in [-0.15, -0.1) is 0 Å². The average molecular weight is 293 g/mol. The molecule has 0 aliphatic rings. The third-order valence-electron chi connectivity index (χ3n) is 2.42. The van der Waals surface area contributed by atoms with E-state index in [0.29, 0.717) is 5.69 Å². The van der Waals surface area contributed by atoms with Crippen molar-refractivity contribution in [2.75, 3.05) is 11.1 Å². The van der Waals surface area contributed by atoms with Crippen molar-refractivity contribution in [1.82, 2.24) is 4.98 Å². The Morgan fingerprint density at radius 2 is 2.10 bits per heavy atom. The smallest absolute Gasteiger partial charge is 0.294 e. The molecule has 0 saturated carbocycles. The Kier molecular flexibility index (Phi) is 3.81. The highest BCUT2D eigenvalue weighted by Gasteiger charge is 2.17. The number of nitro benzene ring substituents is 1. The van der Waals surface area contributed by atoms with Gasteiger partial charge in [0.1, 0.15) is 11.4 Å². The Labute approximate surface area is 118 Å². The minimum atomic E-state index is -0.627. The summed E-state index contributed by atoms with van der Waals surface area (Å²) < 4.78 is 0. The standard InChI is InChI=1S/C12H9ClN4O3/c13-7-1-3-9(11(5-7)17(19)20)16-12(18)10-4-2-8(14)6-15-10/h1-6H,14H2,(H,16,18). The molecule has 7 nitrogen and oxygen atoms in total. The number of aromatic nitrogens is 1. The molecule has 2 aromatic rings. The van der Waals surface area contributed by atoms with Crippen LogP contribution in [0.2, 0.25) is 5.02 Å². The number of carbonyl (C=O) groups excluding carboxylic acids is 1. The van der Waals surface area contributed by atoms with Crippen molar-refractivity contribution in [1.29, 1.82) is 0 Å². The molecule has 0 aliphatic carbocycles. The normalized spacial score (nSPS) is 10.1. The van der Waals surface area contributed by atoms with Gasteiger partial charge in [-0.2, -0.15) is 0 Å². The van der Waals surface area contributed by atoms with Crippen molar-refractivity contribution in [2.24, 2.45) is 0 Å². The van der Waals surface area contributed by atoms with Crippen LogP contribution < -0.4 is 11.1 Å². The minimum Gasteiger partial charge on any atom is -0.397 e. The third-order valence-corrected chi connectivity index (χ3v) is 2.66. The van der Waals surface area contributed by atoms with E-state index in [0.717, 1.165) is 6.07 Å². The van der Waals surface area contributed by atoms with Crippen molar-refractivity contribution in [3.63, 3.8) is 0 Å². The number of nitrogens with one attached hydrogen (secondary N) is 1. The summed E-state index contributed by atoms with van der Waals surface area (Å²) in [5.41, 5.74) is 5.73. The Bertz CT molecular complexity index is 673. The molecule has 0 unspecified atom stereocenters. The lowest BCUT2D eigenvalue weighted by Crippen LogP contribution is -2.14. The molecule has 0 fully saturated rings. The van der Waals surface area contributed by atoms with Gasteiger partial charge in [-0.25, -0.2) is 4.98 Å². The van der Waals surface area contributed by atoms with Crippen LogP contribution in [0.25, 0.3) is 0 Å². The molecule has 1 aromatic carbocycles. The highest BCUT2D eigenvalue weighted by Crippen LogP contribution is 2.28. The zero-order chi connectivity index (χ0) is 14.7. The zero-order valence-corrected chi connectivity index (χ0v) is 10.8. The van der Waals surface area contributed by atoms with Crippen LogP contribution in [-0.4, -0.2) is 15.8 Å². The van der Waals surface area contributed by atoms with Crippen LogP contribution in [0.1, 0.15) is 10.5 Å². The first-order chi connectivity index (χ1) is 9.47. The Hall–Kier alpha value is -2.67. The van der Waals surface area contributed by atoms with Gasteiger partial charge >= 0.3 is 0 Å². The van der Waals surface area contributed by atoms with Crippen LogP contribution >= 0.6 is 11.6 Å². The predicted octanol–water partition coefficient (Wildman–Crippen LogP) is 2.48. The van der Waals surface area contributed by atoms with Crippen molar-refractivity contribution >= 4 is 34.6 Å². The number of pyridine rings is 1. The molecule has 0 atom stereocenters. The van der Waals surface area contributed by atoms with Gasteiger partial charge in [0.25, 0.3) is 11.6 Å². The van der Waals surface area contributed by atoms with Gasteiger partial charge in [-0.05, 0) is 24.3 Å². The number of nitro groups is 1. The van der Waals surface area contributed by atoms with E-state index in [1.165, 1.54) is 30.5 Å². The van der Waals surface area contributed by atoms with Crippen LogP contribution in [0, 0.1) is 10.1 Å². The molecule has 0 aliphatic heterocycles. The molecule has 3 N–H and O–H groups in total. The number of nitrogens with zero attached hydrogens (tertiary/aromatic N) is 2. The largest absolute Gasteiger partial charge is 0.397 e. The van der Waals surface area contributed by atoms with Gasteiger partial charge in [0, 0.05) is 11.1 Å². The highest BCUT2D eigenvalue weighted by atomic mass is 35.5. The van der Waals surface area contributed by atoms with E-state index in [1.54, 1.807) is 0 Å². The topological polar surface area (TPSA) is 111 Å². The lowest BCUT2D eigenvalue weighted by Gasteiger charge is -2.06. The van der Waals surface area contributed by atoms with Crippen molar-refractivity contribution < 1.29 is 9.72 Å². The maximum atomic E-state index is 11.9. The lowest BCUT2D eigenvalue weighted by atomic mass is 10.2. The summed E-state index contributed by atoms with van der Waals surface area (Å²) in [7, 11) is 0. The van der Waals surface area contributed by atoms with Crippen LogP contribution in [0.5, 0.6) is 0 Å². The van der Waals surface area contributed by atoms with Crippen LogP contribution in [-0.2, 0) is 0 Å². The summed E-state index contributed by atoms with van der Waals surface area (Å²) >= 11 is 5.69. The number of nitrogens with two attached hydrogens (primary N) is 1. The molecular weight excluding hydrogens is 284 g/mol. The first kappa shape index (κ1) is 13.8. The second-order valence-electron chi connectivity index (χ2n) is 3.85. The number of carbonyl (C=O) groups is 1. The SMILES string of the molecule is Nc1ccc(C(=O)Nc2ccc(Cl)cc2[N+](=O)[O-])nc1. The van der Waals surface area contributed by atoms with Gasteiger partial charge in [-0.1, -0.05) is 11.6 Å². The summed E-state index contributed by atoms with van der Waals surface area (Å²) in [6.07, 6.45) is 1.32. The lowest BCUT2D eigenvalue weighted by molar-refractivity contribution is -0.383.